The zero-order valence-corrected chi connectivity index (χ0v) is 11.5. The van der Waals surface area contributed by atoms with E-state index >= 15 is 0 Å². The summed E-state index contributed by atoms with van der Waals surface area (Å²) in [7, 11) is 2.04. The van der Waals surface area contributed by atoms with Crippen LogP contribution in [0, 0.1) is 6.92 Å². The predicted octanol–water partition coefficient (Wildman–Crippen LogP) is 1.75. The van der Waals surface area contributed by atoms with Gasteiger partial charge in [-0.05, 0) is 37.7 Å². The van der Waals surface area contributed by atoms with Crippen LogP contribution in [0.25, 0.3) is 11.5 Å². The van der Waals surface area contributed by atoms with Crippen molar-refractivity contribution in [2.45, 2.75) is 13.0 Å². The van der Waals surface area contributed by atoms with Gasteiger partial charge >= 0.3 is 0 Å². The molecule has 0 radical (unpaired) electrons. The van der Waals surface area contributed by atoms with E-state index in [1.807, 2.05) is 14.0 Å². The zero-order chi connectivity index (χ0) is 14.1. The molecule has 3 rings (SSSR count). The maximum Gasteiger partial charge on any atom is 0.258 e. The third kappa shape index (κ3) is 2.52. The molecule has 1 saturated heterocycles. The maximum atomic E-state index is 9.43. The topological polar surface area (TPSA) is 71.6 Å². The minimum atomic E-state index is -0.149. The van der Waals surface area contributed by atoms with Gasteiger partial charge < -0.3 is 19.3 Å². The number of likely N-dealkylation sites (N-methyl/N-ethyl adjacent to an activating group) is 1. The highest BCUT2D eigenvalue weighted by Crippen LogP contribution is 2.27. The van der Waals surface area contributed by atoms with Crippen molar-refractivity contribution in [2.75, 3.05) is 26.7 Å². The number of hydrogen-bond donors (Lipinski definition) is 1. The Morgan fingerprint density at radius 1 is 1.40 bits per heavy atom. The Morgan fingerprint density at radius 3 is 3.00 bits per heavy atom. The second-order valence-electron chi connectivity index (χ2n) is 5.08. The van der Waals surface area contributed by atoms with E-state index in [-0.39, 0.29) is 11.9 Å². The standard InChI is InChI=1S/C14H17N3O3/c1-9-7-10(18)3-4-11(9)14-15-13(16-20-14)12-8-17(2)5-6-19-12/h3-4,7,12,18H,5-6,8H2,1-2H3. The van der Waals surface area contributed by atoms with Crippen molar-refractivity contribution in [1.82, 2.24) is 15.0 Å². The molecule has 2 aromatic rings. The molecule has 1 aliphatic heterocycles. The smallest absolute Gasteiger partial charge is 0.258 e. The molecule has 1 aliphatic rings. The minimum Gasteiger partial charge on any atom is -0.508 e. The van der Waals surface area contributed by atoms with Gasteiger partial charge in [0.2, 0.25) is 5.82 Å². The van der Waals surface area contributed by atoms with E-state index in [2.05, 4.69) is 15.0 Å². The van der Waals surface area contributed by atoms with E-state index in [0.717, 1.165) is 24.2 Å². The van der Waals surface area contributed by atoms with Crippen LogP contribution in [-0.4, -0.2) is 46.9 Å². The first-order chi connectivity index (χ1) is 9.63. The Hall–Kier alpha value is -1.92. The molecule has 20 heavy (non-hydrogen) atoms. The Kier molecular flexibility index (Phi) is 3.42. The van der Waals surface area contributed by atoms with E-state index in [0.29, 0.717) is 18.3 Å². The predicted molar refractivity (Wildman–Crippen MR) is 72.3 cm³/mol. The summed E-state index contributed by atoms with van der Waals surface area (Å²) in [5, 5.41) is 13.4. The summed E-state index contributed by atoms with van der Waals surface area (Å²) in [6.45, 7) is 4.24. The highest BCUT2D eigenvalue weighted by molar-refractivity contribution is 5.59. The van der Waals surface area contributed by atoms with Gasteiger partial charge in [-0.15, -0.1) is 0 Å². The first-order valence-electron chi connectivity index (χ1n) is 6.57. The maximum absolute atomic E-state index is 9.43. The Labute approximate surface area is 117 Å². The molecule has 0 spiro atoms. The van der Waals surface area contributed by atoms with Crippen LogP contribution in [-0.2, 0) is 4.74 Å². The van der Waals surface area contributed by atoms with Crippen molar-refractivity contribution in [3.05, 3.63) is 29.6 Å². The number of phenolic OH excluding ortho intramolecular Hbond substituents is 1. The average molecular weight is 275 g/mol. The molecule has 0 aliphatic carbocycles. The van der Waals surface area contributed by atoms with E-state index in [1.54, 1.807) is 18.2 Å². The Morgan fingerprint density at radius 2 is 2.25 bits per heavy atom. The molecule has 2 heterocycles. The highest BCUT2D eigenvalue weighted by Gasteiger charge is 2.25. The SMILES string of the molecule is Cc1cc(O)ccc1-c1nc(C2CN(C)CCO2)no1. The lowest BCUT2D eigenvalue weighted by Crippen LogP contribution is -2.35. The summed E-state index contributed by atoms with van der Waals surface area (Å²) in [6.07, 6.45) is -0.149. The van der Waals surface area contributed by atoms with Crippen molar-refractivity contribution >= 4 is 0 Å². The summed E-state index contributed by atoms with van der Waals surface area (Å²) >= 11 is 0. The monoisotopic (exact) mass is 275 g/mol. The summed E-state index contributed by atoms with van der Waals surface area (Å²) in [5.74, 6) is 1.25. The number of hydrogen-bond acceptors (Lipinski definition) is 6. The fourth-order valence-electron chi connectivity index (χ4n) is 2.30. The summed E-state index contributed by atoms with van der Waals surface area (Å²) in [4.78, 5) is 6.59. The normalized spacial score (nSPS) is 20.2. The first-order valence-corrected chi connectivity index (χ1v) is 6.57. The minimum absolute atomic E-state index is 0.149. The molecule has 6 heteroatoms. The largest absolute Gasteiger partial charge is 0.508 e. The Balaban J connectivity index is 1.86. The first kappa shape index (κ1) is 13.1. The van der Waals surface area contributed by atoms with Crippen LogP contribution in [0.15, 0.2) is 22.7 Å². The molecule has 106 valence electrons. The van der Waals surface area contributed by atoms with Gasteiger partial charge in [-0.2, -0.15) is 4.98 Å². The molecular weight excluding hydrogens is 258 g/mol. The van der Waals surface area contributed by atoms with E-state index < -0.39 is 0 Å². The van der Waals surface area contributed by atoms with Gasteiger partial charge in [0, 0.05) is 18.7 Å². The highest BCUT2D eigenvalue weighted by atomic mass is 16.5. The lowest BCUT2D eigenvalue weighted by Gasteiger charge is -2.27. The molecule has 6 nitrogen and oxygen atoms in total. The summed E-state index contributed by atoms with van der Waals surface area (Å²) in [6, 6.07) is 5.05. The zero-order valence-electron chi connectivity index (χ0n) is 11.5. The fraction of sp³-hybridized carbons (Fsp3) is 0.429. The number of phenols is 1. The number of morpholine rings is 1. The van der Waals surface area contributed by atoms with Crippen molar-refractivity contribution in [3.8, 4) is 17.2 Å². The number of nitrogens with zero attached hydrogens (tertiary/aromatic N) is 3. The quantitative estimate of drug-likeness (QED) is 0.900. The van der Waals surface area contributed by atoms with Crippen LogP contribution in [0.2, 0.25) is 0 Å². The van der Waals surface area contributed by atoms with Crippen molar-refractivity contribution < 1.29 is 14.4 Å². The van der Waals surface area contributed by atoms with Crippen molar-refractivity contribution in [2.24, 2.45) is 0 Å². The fourth-order valence-corrected chi connectivity index (χ4v) is 2.30. The Bertz CT molecular complexity index is 611. The molecule has 0 saturated carbocycles. The average Bonchev–Trinajstić information content (AvgIpc) is 2.88. The summed E-state index contributed by atoms with van der Waals surface area (Å²) in [5.41, 5.74) is 1.72. The van der Waals surface area contributed by atoms with Crippen LogP contribution in [0.3, 0.4) is 0 Å². The molecule has 1 atom stereocenters. The lowest BCUT2D eigenvalue weighted by atomic mass is 10.1. The molecule has 1 unspecified atom stereocenters. The molecule has 0 bridgehead atoms. The van der Waals surface area contributed by atoms with Crippen molar-refractivity contribution in [3.63, 3.8) is 0 Å². The molecule has 1 aromatic heterocycles. The van der Waals surface area contributed by atoms with Crippen LogP contribution in [0.5, 0.6) is 5.75 Å². The van der Waals surface area contributed by atoms with Crippen LogP contribution in [0.1, 0.15) is 17.5 Å². The molecule has 1 aromatic carbocycles. The van der Waals surface area contributed by atoms with E-state index in [9.17, 15) is 5.11 Å². The third-order valence-electron chi connectivity index (χ3n) is 3.44. The molecule has 0 amide bonds. The van der Waals surface area contributed by atoms with Gasteiger partial charge in [-0.25, -0.2) is 0 Å². The van der Waals surface area contributed by atoms with Gasteiger partial charge in [-0.3, -0.25) is 0 Å². The van der Waals surface area contributed by atoms with Gasteiger partial charge in [-0.1, -0.05) is 5.16 Å². The van der Waals surface area contributed by atoms with Gasteiger partial charge in [0.05, 0.1) is 6.61 Å². The third-order valence-corrected chi connectivity index (χ3v) is 3.44. The number of benzene rings is 1. The second-order valence-corrected chi connectivity index (χ2v) is 5.08. The number of rotatable bonds is 2. The van der Waals surface area contributed by atoms with E-state index in [1.165, 1.54) is 0 Å². The van der Waals surface area contributed by atoms with Crippen LogP contribution < -0.4 is 0 Å². The van der Waals surface area contributed by atoms with E-state index in [4.69, 9.17) is 9.26 Å². The number of aryl methyl sites for hydroxylation is 1. The van der Waals surface area contributed by atoms with Gasteiger partial charge in [0.15, 0.2) is 0 Å². The molecule has 1 N–H and O–H groups in total. The van der Waals surface area contributed by atoms with Crippen LogP contribution in [0.4, 0.5) is 0 Å². The number of aromatic nitrogens is 2. The molecule has 1 fully saturated rings. The second kappa shape index (κ2) is 5.22. The number of aromatic hydroxyl groups is 1. The molecular formula is C14H17N3O3. The van der Waals surface area contributed by atoms with Gasteiger partial charge in [0.1, 0.15) is 11.9 Å². The number of ether oxygens (including phenoxy) is 1. The lowest BCUT2D eigenvalue weighted by molar-refractivity contribution is -0.0264. The van der Waals surface area contributed by atoms with Crippen LogP contribution >= 0.6 is 0 Å². The van der Waals surface area contributed by atoms with Crippen molar-refractivity contribution in [1.29, 1.82) is 0 Å². The summed E-state index contributed by atoms with van der Waals surface area (Å²) < 4.78 is 11.0. The van der Waals surface area contributed by atoms with Gasteiger partial charge in [0.25, 0.3) is 5.89 Å².